The maximum atomic E-state index is 5.32. The minimum atomic E-state index is 0.179. The molecule has 0 aliphatic carbocycles. The van der Waals surface area contributed by atoms with E-state index in [1.807, 2.05) is 36.4 Å². The van der Waals surface area contributed by atoms with Gasteiger partial charge in [-0.05, 0) is 0 Å². The van der Waals surface area contributed by atoms with Crippen molar-refractivity contribution in [1.82, 2.24) is 9.97 Å². The first kappa shape index (κ1) is 17.2. The molecule has 1 aromatic heterocycles. The molecule has 0 fully saturated rings. The molecule has 1 aliphatic heterocycles. The molecule has 0 saturated carbocycles. The number of hydrogen-bond donors (Lipinski definition) is 0. The first-order valence-corrected chi connectivity index (χ1v) is 10.1. The fourth-order valence-electron chi connectivity index (χ4n) is 2.71. The van der Waals surface area contributed by atoms with Gasteiger partial charge < -0.3 is 0 Å². The minimum absolute atomic E-state index is 0.179. The summed E-state index contributed by atoms with van der Waals surface area (Å²) in [5.41, 5.74) is 3.09. The SMILES string of the molecule is COc1cccc(-c2ccnc(N3C=C(c4ccccc4)SC3[As])n2)c1. The number of benzene rings is 2. The van der Waals surface area contributed by atoms with Gasteiger partial charge in [-0.15, -0.1) is 0 Å². The van der Waals surface area contributed by atoms with Crippen molar-refractivity contribution in [2.45, 2.75) is 4.16 Å². The number of methoxy groups -OCH3 is 1. The second-order valence-electron chi connectivity index (χ2n) is 5.68. The summed E-state index contributed by atoms with van der Waals surface area (Å²) in [5, 5.41) is 0. The first-order valence-electron chi connectivity index (χ1n) is 8.12. The van der Waals surface area contributed by atoms with Crippen LogP contribution in [0.25, 0.3) is 16.2 Å². The van der Waals surface area contributed by atoms with E-state index < -0.39 is 0 Å². The second-order valence-corrected chi connectivity index (χ2v) is 8.59. The van der Waals surface area contributed by atoms with Crippen molar-refractivity contribution in [1.29, 1.82) is 0 Å². The molecule has 4 rings (SSSR count). The Labute approximate surface area is 165 Å². The Morgan fingerprint density at radius 2 is 1.85 bits per heavy atom. The molecule has 1 atom stereocenters. The van der Waals surface area contributed by atoms with Gasteiger partial charge in [0.25, 0.3) is 0 Å². The zero-order valence-electron chi connectivity index (χ0n) is 14.1. The summed E-state index contributed by atoms with van der Waals surface area (Å²) in [5.74, 6) is 1.50. The quantitative estimate of drug-likeness (QED) is 0.592. The normalized spacial score (nSPS) is 16.5. The van der Waals surface area contributed by atoms with Crippen molar-refractivity contribution < 1.29 is 4.74 Å². The van der Waals surface area contributed by atoms with Gasteiger partial charge in [0.05, 0.1) is 0 Å². The molecule has 0 saturated heterocycles. The van der Waals surface area contributed by atoms with Crippen LogP contribution in [0.2, 0.25) is 0 Å². The number of anilines is 1. The predicted molar refractivity (Wildman–Crippen MR) is 108 cm³/mol. The van der Waals surface area contributed by atoms with Gasteiger partial charge in [0.1, 0.15) is 0 Å². The fourth-order valence-corrected chi connectivity index (χ4v) is 4.72. The number of thioether (sulfide) groups is 1. The summed E-state index contributed by atoms with van der Waals surface area (Å²) in [7, 11) is 1.67. The summed E-state index contributed by atoms with van der Waals surface area (Å²) < 4.78 is 5.50. The standard InChI is InChI=1S/C20H16AsN3OS/c1-25-16-9-5-8-15(12-16)17-10-11-22-20(23-17)24-13-18(26-19(24)21)14-6-3-2-4-7-14/h2-13,19H,1H3. The monoisotopic (exact) mass is 421 g/mol. The summed E-state index contributed by atoms with van der Waals surface area (Å²) >= 11 is 4.47. The molecule has 0 amide bonds. The van der Waals surface area contributed by atoms with Crippen LogP contribution in [0.4, 0.5) is 5.95 Å². The molecule has 2 radical (unpaired) electrons. The summed E-state index contributed by atoms with van der Waals surface area (Å²) in [6, 6.07) is 20.2. The van der Waals surface area contributed by atoms with Gasteiger partial charge in [0.15, 0.2) is 0 Å². The molecule has 1 aliphatic rings. The Kier molecular flexibility index (Phi) is 5.00. The Hall–Kier alpha value is -2.23. The van der Waals surface area contributed by atoms with Crippen LogP contribution in [0.3, 0.4) is 0 Å². The molecule has 3 aromatic rings. The number of ether oxygens (including phenoxy) is 1. The Bertz CT molecular complexity index is 949. The van der Waals surface area contributed by atoms with E-state index in [2.05, 4.69) is 57.2 Å². The molecule has 0 bridgehead atoms. The van der Waals surface area contributed by atoms with Crippen LogP contribution < -0.4 is 9.64 Å². The molecular weight excluding hydrogens is 405 g/mol. The van der Waals surface area contributed by atoms with E-state index in [1.165, 1.54) is 10.5 Å². The van der Waals surface area contributed by atoms with E-state index in [-0.39, 0.29) is 4.16 Å². The molecule has 128 valence electrons. The summed E-state index contributed by atoms with van der Waals surface area (Å²) in [4.78, 5) is 12.6. The Morgan fingerprint density at radius 3 is 2.65 bits per heavy atom. The number of nitrogens with zero attached hydrogens (tertiary/aromatic N) is 3. The van der Waals surface area contributed by atoms with E-state index in [0.717, 1.165) is 17.0 Å². The Balaban J connectivity index is 1.67. The molecule has 1 unspecified atom stereocenters. The van der Waals surface area contributed by atoms with E-state index in [9.17, 15) is 0 Å². The second kappa shape index (κ2) is 7.56. The van der Waals surface area contributed by atoms with Gasteiger partial charge in [-0.1, -0.05) is 0 Å². The third kappa shape index (κ3) is 3.50. The molecule has 4 nitrogen and oxygen atoms in total. The van der Waals surface area contributed by atoms with Crippen LogP contribution in [0.5, 0.6) is 5.75 Å². The summed E-state index contributed by atoms with van der Waals surface area (Å²) in [6.07, 6.45) is 3.92. The van der Waals surface area contributed by atoms with Crippen molar-refractivity contribution in [2.24, 2.45) is 0 Å². The van der Waals surface area contributed by atoms with Crippen molar-refractivity contribution in [3.63, 3.8) is 0 Å². The number of aromatic nitrogens is 2. The zero-order chi connectivity index (χ0) is 17.9. The molecule has 2 aromatic carbocycles. The van der Waals surface area contributed by atoms with Gasteiger partial charge in [0.2, 0.25) is 0 Å². The molecule has 0 N–H and O–H groups in total. The van der Waals surface area contributed by atoms with Crippen molar-refractivity contribution in [2.75, 3.05) is 12.0 Å². The zero-order valence-corrected chi connectivity index (χ0v) is 16.8. The number of hydrogen-bond acceptors (Lipinski definition) is 5. The number of rotatable bonds is 4. The van der Waals surface area contributed by atoms with Gasteiger partial charge in [-0.3, -0.25) is 0 Å². The van der Waals surface area contributed by atoms with E-state index in [0.29, 0.717) is 5.95 Å². The first-order chi connectivity index (χ1) is 12.7. The van der Waals surface area contributed by atoms with Gasteiger partial charge in [-0.25, -0.2) is 0 Å². The molecule has 26 heavy (non-hydrogen) atoms. The third-order valence-corrected chi connectivity index (χ3v) is 6.24. The molecule has 2 heterocycles. The van der Waals surface area contributed by atoms with Crippen molar-refractivity contribution in [3.8, 4) is 17.0 Å². The molecule has 0 spiro atoms. The molecular formula is C20H16AsN3OS. The van der Waals surface area contributed by atoms with Crippen molar-refractivity contribution in [3.05, 3.63) is 78.6 Å². The van der Waals surface area contributed by atoms with Crippen LogP contribution in [-0.2, 0) is 0 Å². The fraction of sp³-hybridized carbons (Fsp3) is 0.100. The van der Waals surface area contributed by atoms with E-state index in [4.69, 9.17) is 9.72 Å². The van der Waals surface area contributed by atoms with Crippen molar-refractivity contribution >= 4 is 39.5 Å². The van der Waals surface area contributed by atoms with Crippen LogP contribution in [0.1, 0.15) is 5.56 Å². The van der Waals surface area contributed by atoms with Crippen LogP contribution in [0.15, 0.2) is 73.1 Å². The maximum absolute atomic E-state index is 5.32. The van der Waals surface area contributed by atoms with Gasteiger partial charge in [-0.2, -0.15) is 0 Å². The Morgan fingerprint density at radius 1 is 1.04 bits per heavy atom. The molecule has 6 heteroatoms. The van der Waals surface area contributed by atoms with E-state index in [1.54, 1.807) is 25.1 Å². The van der Waals surface area contributed by atoms with Gasteiger partial charge >= 0.3 is 166 Å². The topological polar surface area (TPSA) is 38.2 Å². The third-order valence-electron chi connectivity index (χ3n) is 4.02. The van der Waals surface area contributed by atoms with E-state index >= 15 is 0 Å². The average molecular weight is 421 g/mol. The van der Waals surface area contributed by atoms with Gasteiger partial charge in [0, 0.05) is 0 Å². The predicted octanol–water partition coefficient (Wildman–Crippen LogP) is 4.16. The average Bonchev–Trinajstić information content (AvgIpc) is 3.10. The van der Waals surface area contributed by atoms with Crippen LogP contribution in [0, 0.1) is 0 Å². The van der Waals surface area contributed by atoms with Crippen LogP contribution >= 0.6 is 11.8 Å². The summed E-state index contributed by atoms with van der Waals surface area (Å²) in [6.45, 7) is 0. The van der Waals surface area contributed by atoms with Crippen LogP contribution in [-0.4, -0.2) is 38.1 Å².